The average Bonchev–Trinajstić information content (AvgIpc) is 2.16. The van der Waals surface area contributed by atoms with Gasteiger partial charge in [-0.1, -0.05) is 0 Å². The van der Waals surface area contributed by atoms with E-state index in [4.69, 9.17) is 17.3 Å². The van der Waals surface area contributed by atoms with Gasteiger partial charge in [-0.15, -0.1) is 0 Å². The Hall–Kier alpha value is -1.83. The van der Waals surface area contributed by atoms with Crippen LogP contribution >= 0.6 is 11.6 Å². The number of nitro groups is 1. The molecule has 0 aromatic carbocycles. The van der Waals surface area contributed by atoms with Crippen molar-refractivity contribution in [2.75, 3.05) is 5.73 Å². The van der Waals surface area contributed by atoms with E-state index in [1.165, 1.54) is 0 Å². The zero-order valence-corrected chi connectivity index (χ0v) is 8.24. The van der Waals surface area contributed by atoms with Crippen LogP contribution in [0.15, 0.2) is 6.07 Å². The highest BCUT2D eigenvalue weighted by Crippen LogP contribution is 2.29. The minimum absolute atomic E-state index is 0.557. The van der Waals surface area contributed by atoms with Crippen LogP contribution < -0.4 is 5.73 Å². The molecule has 0 aliphatic carbocycles. The summed E-state index contributed by atoms with van der Waals surface area (Å²) < 4.78 is 24.6. The molecule has 0 saturated heterocycles. The second-order valence-electron chi connectivity index (χ2n) is 2.66. The quantitative estimate of drug-likeness (QED) is 0.502. The standard InChI is InChI=1S/C7H4ClF2N3O3/c8-5(14)2-1-3(6(9)10)12-7(4(2)11)13(15)16/h1,6H,11H2. The molecular weight excluding hydrogens is 248 g/mol. The Kier molecular flexibility index (Phi) is 3.33. The first kappa shape index (κ1) is 12.2. The topological polar surface area (TPSA) is 99.1 Å². The van der Waals surface area contributed by atoms with E-state index >= 15 is 0 Å². The van der Waals surface area contributed by atoms with Crippen molar-refractivity contribution in [2.45, 2.75) is 6.43 Å². The number of hydrogen-bond donors (Lipinski definition) is 1. The summed E-state index contributed by atoms with van der Waals surface area (Å²) >= 11 is 5.05. The highest BCUT2D eigenvalue weighted by molar-refractivity contribution is 6.68. The van der Waals surface area contributed by atoms with Crippen LogP contribution in [0.25, 0.3) is 0 Å². The zero-order valence-electron chi connectivity index (χ0n) is 7.49. The van der Waals surface area contributed by atoms with E-state index in [1.807, 2.05) is 0 Å². The summed E-state index contributed by atoms with van der Waals surface area (Å²) in [5.74, 6) is -1.01. The molecule has 0 radical (unpaired) electrons. The van der Waals surface area contributed by atoms with E-state index < -0.39 is 39.4 Å². The van der Waals surface area contributed by atoms with Crippen LogP contribution in [0.1, 0.15) is 22.5 Å². The van der Waals surface area contributed by atoms with Gasteiger partial charge in [-0.2, -0.15) is 0 Å². The van der Waals surface area contributed by atoms with Gasteiger partial charge in [0.05, 0.1) is 5.56 Å². The number of hydrogen-bond acceptors (Lipinski definition) is 5. The Morgan fingerprint density at radius 1 is 1.62 bits per heavy atom. The van der Waals surface area contributed by atoms with Crippen LogP contribution in [0.4, 0.5) is 20.3 Å². The summed E-state index contributed by atoms with van der Waals surface area (Å²) in [7, 11) is 0. The van der Waals surface area contributed by atoms with Gasteiger partial charge in [-0.05, 0) is 21.5 Å². The number of pyridine rings is 1. The number of alkyl halides is 2. The molecule has 1 heterocycles. The molecule has 0 saturated carbocycles. The fourth-order valence-corrected chi connectivity index (χ4v) is 1.13. The first-order chi connectivity index (χ1) is 7.34. The van der Waals surface area contributed by atoms with Crippen molar-refractivity contribution in [3.63, 3.8) is 0 Å². The molecule has 0 atom stereocenters. The third kappa shape index (κ3) is 2.22. The Balaban J connectivity index is 3.51. The van der Waals surface area contributed by atoms with E-state index in [2.05, 4.69) is 4.98 Å². The SMILES string of the molecule is Nc1c(C(=O)Cl)cc(C(F)F)nc1[N+](=O)[O-]. The minimum Gasteiger partial charge on any atom is -0.391 e. The molecule has 1 aromatic rings. The van der Waals surface area contributed by atoms with Crippen molar-refractivity contribution in [1.29, 1.82) is 0 Å². The summed E-state index contributed by atoms with van der Waals surface area (Å²) in [4.78, 5) is 23.2. The van der Waals surface area contributed by atoms with Crippen LogP contribution in [0, 0.1) is 10.1 Å². The van der Waals surface area contributed by atoms with E-state index in [0.29, 0.717) is 6.07 Å². The lowest BCUT2D eigenvalue weighted by Gasteiger charge is -2.03. The third-order valence-corrected chi connectivity index (χ3v) is 1.87. The van der Waals surface area contributed by atoms with Crippen LogP contribution in [0.5, 0.6) is 0 Å². The number of carbonyl (C=O) groups is 1. The molecule has 0 spiro atoms. The molecule has 6 nitrogen and oxygen atoms in total. The Morgan fingerprint density at radius 3 is 2.56 bits per heavy atom. The van der Waals surface area contributed by atoms with Gasteiger partial charge in [0.25, 0.3) is 5.24 Å². The monoisotopic (exact) mass is 251 g/mol. The van der Waals surface area contributed by atoms with Crippen LogP contribution in [0.3, 0.4) is 0 Å². The maximum Gasteiger partial charge on any atom is 0.388 e. The first-order valence-electron chi connectivity index (χ1n) is 3.77. The molecule has 0 aliphatic heterocycles. The Labute approximate surface area is 92.2 Å². The molecule has 1 aromatic heterocycles. The van der Waals surface area contributed by atoms with Gasteiger partial charge >= 0.3 is 12.2 Å². The molecule has 2 N–H and O–H groups in total. The molecule has 86 valence electrons. The van der Waals surface area contributed by atoms with Gasteiger partial charge in [0.1, 0.15) is 5.69 Å². The maximum absolute atomic E-state index is 12.3. The Morgan fingerprint density at radius 2 is 2.19 bits per heavy atom. The van der Waals surface area contributed by atoms with E-state index in [1.54, 1.807) is 0 Å². The van der Waals surface area contributed by atoms with Crippen LogP contribution in [-0.4, -0.2) is 15.1 Å². The molecule has 0 bridgehead atoms. The second-order valence-corrected chi connectivity index (χ2v) is 3.01. The number of rotatable bonds is 3. The predicted molar refractivity (Wildman–Crippen MR) is 50.4 cm³/mol. The van der Waals surface area contributed by atoms with Crippen molar-refractivity contribution in [3.05, 3.63) is 27.4 Å². The maximum atomic E-state index is 12.3. The highest BCUT2D eigenvalue weighted by atomic mass is 35.5. The van der Waals surface area contributed by atoms with Gasteiger partial charge < -0.3 is 15.8 Å². The van der Waals surface area contributed by atoms with E-state index in [0.717, 1.165) is 0 Å². The lowest BCUT2D eigenvalue weighted by Crippen LogP contribution is -2.07. The smallest absolute Gasteiger partial charge is 0.388 e. The van der Waals surface area contributed by atoms with Gasteiger partial charge in [0.2, 0.25) is 5.69 Å². The zero-order chi connectivity index (χ0) is 12.5. The highest BCUT2D eigenvalue weighted by Gasteiger charge is 2.27. The molecular formula is C7H4ClF2N3O3. The lowest BCUT2D eigenvalue weighted by molar-refractivity contribution is -0.388. The van der Waals surface area contributed by atoms with Crippen molar-refractivity contribution in [3.8, 4) is 0 Å². The van der Waals surface area contributed by atoms with E-state index in [9.17, 15) is 23.7 Å². The molecule has 1 rings (SSSR count). The number of anilines is 1. The van der Waals surface area contributed by atoms with Gasteiger partial charge in [0.15, 0.2) is 0 Å². The van der Waals surface area contributed by atoms with Crippen LogP contribution in [0.2, 0.25) is 0 Å². The molecule has 0 amide bonds. The number of carbonyl (C=O) groups excluding carboxylic acids is 1. The molecule has 0 aliphatic rings. The van der Waals surface area contributed by atoms with Crippen LogP contribution in [-0.2, 0) is 0 Å². The normalized spacial score (nSPS) is 10.5. The van der Waals surface area contributed by atoms with Gasteiger partial charge in [0, 0.05) is 6.07 Å². The predicted octanol–water partition coefficient (Wildman–Crippen LogP) is 1.89. The van der Waals surface area contributed by atoms with Crippen molar-refractivity contribution in [1.82, 2.24) is 4.98 Å². The second kappa shape index (κ2) is 4.35. The van der Waals surface area contributed by atoms with Crippen molar-refractivity contribution < 1.29 is 18.5 Å². The molecule has 0 fully saturated rings. The summed E-state index contributed by atoms with van der Waals surface area (Å²) in [6, 6.07) is 0.627. The lowest BCUT2D eigenvalue weighted by atomic mass is 10.2. The summed E-state index contributed by atoms with van der Waals surface area (Å²) in [5, 5.41) is 9.27. The van der Waals surface area contributed by atoms with Gasteiger partial charge in [-0.25, -0.2) is 8.78 Å². The average molecular weight is 252 g/mol. The minimum atomic E-state index is -3.06. The Bertz CT molecular complexity index is 431. The summed E-state index contributed by atoms with van der Waals surface area (Å²) in [6.45, 7) is 0. The van der Waals surface area contributed by atoms with E-state index in [-0.39, 0.29) is 0 Å². The largest absolute Gasteiger partial charge is 0.391 e. The van der Waals surface area contributed by atoms with Crippen molar-refractivity contribution >= 4 is 28.3 Å². The molecule has 16 heavy (non-hydrogen) atoms. The summed E-state index contributed by atoms with van der Waals surface area (Å²) in [5.41, 5.74) is 3.09. The molecule has 9 heteroatoms. The first-order valence-corrected chi connectivity index (χ1v) is 4.15. The fourth-order valence-electron chi connectivity index (χ4n) is 0.974. The van der Waals surface area contributed by atoms with Crippen molar-refractivity contribution in [2.24, 2.45) is 0 Å². The number of nitrogens with two attached hydrogens (primary N) is 1. The third-order valence-electron chi connectivity index (χ3n) is 1.67. The number of nitrogens with zero attached hydrogens (tertiary/aromatic N) is 2. The fraction of sp³-hybridized carbons (Fsp3) is 0.143. The number of aromatic nitrogens is 1. The summed E-state index contributed by atoms with van der Waals surface area (Å²) in [6.07, 6.45) is -3.06. The number of nitrogen functional groups attached to an aromatic ring is 1. The molecule has 0 unspecified atom stereocenters. The van der Waals surface area contributed by atoms with Gasteiger partial charge in [-0.3, -0.25) is 4.79 Å². The number of halogens is 3.